The molecule has 0 aromatic carbocycles. The molecule has 0 bridgehead atoms. The Balaban J connectivity index is 2.01. The van der Waals surface area contributed by atoms with E-state index in [1.54, 1.807) is 11.0 Å². The summed E-state index contributed by atoms with van der Waals surface area (Å²) >= 11 is 0. The first kappa shape index (κ1) is 16.1. The fourth-order valence-corrected chi connectivity index (χ4v) is 2.31. The van der Waals surface area contributed by atoms with Gasteiger partial charge >= 0.3 is 13.2 Å². The van der Waals surface area contributed by atoms with Crippen LogP contribution >= 0.6 is 0 Å². The third-order valence-corrected chi connectivity index (χ3v) is 4.32. The van der Waals surface area contributed by atoms with Crippen molar-refractivity contribution < 1.29 is 18.8 Å². The lowest BCUT2D eigenvalue weighted by Gasteiger charge is -2.32. The van der Waals surface area contributed by atoms with Crippen molar-refractivity contribution in [2.75, 3.05) is 19.7 Å². The number of carbonyl (C=O) groups excluding carboxylic acids is 1. The summed E-state index contributed by atoms with van der Waals surface area (Å²) in [5.74, 6) is 0. The van der Waals surface area contributed by atoms with E-state index in [4.69, 9.17) is 14.0 Å². The Morgan fingerprint density at radius 3 is 2.62 bits per heavy atom. The highest BCUT2D eigenvalue weighted by molar-refractivity contribution is 6.54. The molecule has 116 valence electrons. The van der Waals surface area contributed by atoms with Crippen molar-refractivity contribution in [2.45, 2.75) is 45.3 Å². The standard InChI is InChI=1S/C15H24BNO4/c1-6-10-19-13(18)17-9-7-8-12(11-17)16-20-14(2,3)15(4,5)21-16/h6,8H,1,7,9-11H2,2-5H3. The minimum Gasteiger partial charge on any atom is -0.445 e. The third-order valence-electron chi connectivity index (χ3n) is 4.32. The summed E-state index contributed by atoms with van der Waals surface area (Å²) in [5, 5.41) is 0. The molecule has 1 fully saturated rings. The molecule has 2 aliphatic heterocycles. The molecule has 0 spiro atoms. The third kappa shape index (κ3) is 3.32. The fourth-order valence-electron chi connectivity index (χ4n) is 2.31. The van der Waals surface area contributed by atoms with E-state index in [9.17, 15) is 4.79 Å². The van der Waals surface area contributed by atoms with E-state index in [0.717, 1.165) is 11.9 Å². The first-order chi connectivity index (χ1) is 9.77. The van der Waals surface area contributed by atoms with Crippen LogP contribution in [-0.4, -0.2) is 49.0 Å². The minimum absolute atomic E-state index is 0.227. The molecule has 1 saturated heterocycles. The van der Waals surface area contributed by atoms with Gasteiger partial charge in [0.05, 0.1) is 11.2 Å². The van der Waals surface area contributed by atoms with Gasteiger partial charge < -0.3 is 18.9 Å². The lowest BCUT2D eigenvalue weighted by atomic mass is 9.76. The predicted molar refractivity (Wildman–Crippen MR) is 81.9 cm³/mol. The van der Waals surface area contributed by atoms with Gasteiger partial charge in [-0.3, -0.25) is 0 Å². The second-order valence-electron chi connectivity index (χ2n) is 6.44. The SMILES string of the molecule is C=CCOC(=O)N1CCC=C(B2OC(C)(C)C(C)(C)O2)C1. The number of hydrogen-bond donors (Lipinski definition) is 0. The van der Waals surface area contributed by atoms with E-state index in [-0.39, 0.29) is 23.9 Å². The largest absolute Gasteiger partial charge is 0.492 e. The van der Waals surface area contributed by atoms with E-state index in [2.05, 4.69) is 12.7 Å². The first-order valence-corrected chi connectivity index (χ1v) is 7.34. The predicted octanol–water partition coefficient (Wildman–Crippen LogP) is 2.57. The van der Waals surface area contributed by atoms with Gasteiger partial charge in [0.25, 0.3) is 0 Å². The van der Waals surface area contributed by atoms with E-state index in [1.165, 1.54) is 0 Å². The van der Waals surface area contributed by atoms with E-state index in [0.29, 0.717) is 13.1 Å². The van der Waals surface area contributed by atoms with Crippen molar-refractivity contribution in [1.82, 2.24) is 4.90 Å². The van der Waals surface area contributed by atoms with Crippen molar-refractivity contribution in [1.29, 1.82) is 0 Å². The van der Waals surface area contributed by atoms with E-state index < -0.39 is 7.12 Å². The molecule has 0 radical (unpaired) electrons. The number of ether oxygens (including phenoxy) is 1. The normalized spacial score (nSPS) is 23.7. The van der Waals surface area contributed by atoms with Crippen LogP contribution in [0.25, 0.3) is 0 Å². The average molecular weight is 293 g/mol. The van der Waals surface area contributed by atoms with Gasteiger partial charge in [-0.15, -0.1) is 0 Å². The highest BCUT2D eigenvalue weighted by Gasteiger charge is 2.52. The van der Waals surface area contributed by atoms with Crippen LogP contribution in [0.1, 0.15) is 34.1 Å². The quantitative estimate of drug-likeness (QED) is 0.593. The van der Waals surface area contributed by atoms with Crippen molar-refractivity contribution in [3.63, 3.8) is 0 Å². The summed E-state index contributed by atoms with van der Waals surface area (Å²) in [6.45, 7) is 13.0. The molecule has 2 aliphatic rings. The fraction of sp³-hybridized carbons (Fsp3) is 0.667. The lowest BCUT2D eigenvalue weighted by Crippen LogP contribution is -2.41. The zero-order chi connectivity index (χ0) is 15.7. The van der Waals surface area contributed by atoms with Crippen molar-refractivity contribution >= 4 is 13.2 Å². The molecule has 0 aromatic rings. The average Bonchev–Trinajstić information content (AvgIpc) is 2.65. The summed E-state index contributed by atoms with van der Waals surface area (Å²) in [6, 6.07) is 0. The second kappa shape index (κ2) is 5.85. The van der Waals surface area contributed by atoms with Crippen LogP contribution in [0.3, 0.4) is 0 Å². The molecule has 21 heavy (non-hydrogen) atoms. The summed E-state index contributed by atoms with van der Waals surface area (Å²) in [5.41, 5.74) is 0.240. The molecule has 0 aromatic heterocycles. The molecular formula is C15H24BNO4. The summed E-state index contributed by atoms with van der Waals surface area (Å²) < 4.78 is 17.1. The zero-order valence-electron chi connectivity index (χ0n) is 13.3. The van der Waals surface area contributed by atoms with Gasteiger partial charge in [-0.05, 0) is 39.6 Å². The Morgan fingerprint density at radius 1 is 1.43 bits per heavy atom. The van der Waals surface area contributed by atoms with Gasteiger partial charge in [0, 0.05) is 13.1 Å². The molecule has 0 saturated carbocycles. The van der Waals surface area contributed by atoms with E-state index >= 15 is 0 Å². The molecule has 2 rings (SSSR count). The van der Waals surface area contributed by atoms with Gasteiger partial charge in [-0.25, -0.2) is 4.79 Å². The highest BCUT2D eigenvalue weighted by Crippen LogP contribution is 2.39. The van der Waals surface area contributed by atoms with Crippen molar-refractivity contribution in [3.05, 3.63) is 24.2 Å². The zero-order valence-corrected chi connectivity index (χ0v) is 13.3. The van der Waals surface area contributed by atoms with Crippen molar-refractivity contribution in [3.8, 4) is 0 Å². The van der Waals surface area contributed by atoms with Crippen LogP contribution < -0.4 is 0 Å². The first-order valence-electron chi connectivity index (χ1n) is 7.34. The van der Waals surface area contributed by atoms with Gasteiger partial charge in [-0.1, -0.05) is 18.7 Å². The Labute approximate surface area is 127 Å². The second-order valence-corrected chi connectivity index (χ2v) is 6.44. The molecule has 0 atom stereocenters. The molecule has 0 aliphatic carbocycles. The van der Waals surface area contributed by atoms with Crippen molar-refractivity contribution in [2.24, 2.45) is 0 Å². The van der Waals surface area contributed by atoms with Crippen LogP contribution in [0.5, 0.6) is 0 Å². The maximum Gasteiger partial charge on any atom is 0.492 e. The molecule has 0 unspecified atom stereocenters. The molecule has 2 heterocycles. The van der Waals surface area contributed by atoms with Crippen LogP contribution in [-0.2, 0) is 14.0 Å². The maximum atomic E-state index is 11.9. The van der Waals surface area contributed by atoms with Gasteiger partial charge in [0.15, 0.2) is 0 Å². The Morgan fingerprint density at radius 2 is 2.05 bits per heavy atom. The van der Waals surface area contributed by atoms with Gasteiger partial charge in [0.2, 0.25) is 0 Å². The Hall–Kier alpha value is -1.27. The summed E-state index contributed by atoms with van der Waals surface area (Å²) in [7, 11) is -0.398. The Bertz CT molecular complexity index is 443. The maximum absolute atomic E-state index is 11.9. The summed E-state index contributed by atoms with van der Waals surface area (Å²) in [6.07, 6.45) is 4.12. The summed E-state index contributed by atoms with van der Waals surface area (Å²) in [4.78, 5) is 13.6. The molecular weight excluding hydrogens is 269 g/mol. The van der Waals surface area contributed by atoms with Crippen LogP contribution in [0.4, 0.5) is 4.79 Å². The monoisotopic (exact) mass is 293 g/mol. The highest BCUT2D eigenvalue weighted by atomic mass is 16.7. The molecule has 1 amide bonds. The molecule has 0 N–H and O–H groups in total. The van der Waals surface area contributed by atoms with Gasteiger partial charge in [0.1, 0.15) is 6.61 Å². The minimum atomic E-state index is -0.398. The number of hydrogen-bond acceptors (Lipinski definition) is 4. The topological polar surface area (TPSA) is 48.0 Å². The molecule has 6 heteroatoms. The Kier molecular flexibility index (Phi) is 4.49. The lowest BCUT2D eigenvalue weighted by molar-refractivity contribution is 0.00578. The smallest absolute Gasteiger partial charge is 0.445 e. The van der Waals surface area contributed by atoms with Crippen LogP contribution in [0, 0.1) is 0 Å². The van der Waals surface area contributed by atoms with E-state index in [1.807, 2.05) is 27.7 Å². The number of amides is 1. The molecule has 5 nitrogen and oxygen atoms in total. The number of rotatable bonds is 3. The number of nitrogens with zero attached hydrogens (tertiary/aromatic N) is 1. The van der Waals surface area contributed by atoms with Crippen LogP contribution in [0.15, 0.2) is 24.2 Å². The number of carbonyl (C=O) groups is 1. The van der Waals surface area contributed by atoms with Gasteiger partial charge in [-0.2, -0.15) is 0 Å². The van der Waals surface area contributed by atoms with Crippen LogP contribution in [0.2, 0.25) is 0 Å².